The van der Waals surface area contributed by atoms with Crippen molar-refractivity contribution in [1.29, 1.82) is 0 Å². The molecule has 0 aliphatic heterocycles. The fourth-order valence-corrected chi connectivity index (χ4v) is 2.68. The number of hydrogen-bond donors (Lipinski definition) is 2. The third-order valence-corrected chi connectivity index (χ3v) is 3.89. The highest BCUT2D eigenvalue weighted by atomic mass is 16.5. The molecule has 2 aromatic carbocycles. The Morgan fingerprint density at radius 3 is 2.25 bits per heavy atom. The van der Waals surface area contributed by atoms with Gasteiger partial charge in [-0.05, 0) is 43.0 Å². The summed E-state index contributed by atoms with van der Waals surface area (Å²) in [6.07, 6.45) is 1.87. The average molecular weight is 326 g/mol. The number of ether oxygens (including phenoxy) is 1. The first-order valence-corrected chi connectivity index (χ1v) is 8.55. The summed E-state index contributed by atoms with van der Waals surface area (Å²) in [6, 6.07) is 13.8. The van der Waals surface area contributed by atoms with Crippen molar-refractivity contribution in [2.45, 2.75) is 33.6 Å². The van der Waals surface area contributed by atoms with E-state index in [1.54, 1.807) is 0 Å². The second-order valence-corrected chi connectivity index (χ2v) is 5.49. The van der Waals surface area contributed by atoms with E-state index in [9.17, 15) is 4.79 Å². The lowest BCUT2D eigenvalue weighted by Crippen LogP contribution is -2.23. The number of rotatable bonds is 8. The summed E-state index contributed by atoms with van der Waals surface area (Å²) in [4.78, 5) is 12.3. The lowest BCUT2D eigenvalue weighted by Gasteiger charge is -2.16. The highest BCUT2D eigenvalue weighted by Gasteiger charge is 2.10. The van der Waals surface area contributed by atoms with Crippen LogP contribution in [0.5, 0.6) is 5.75 Å². The van der Waals surface area contributed by atoms with E-state index in [2.05, 4.69) is 42.7 Å². The van der Waals surface area contributed by atoms with Crippen molar-refractivity contribution in [2.24, 2.45) is 0 Å². The third kappa shape index (κ3) is 4.51. The van der Waals surface area contributed by atoms with Crippen LogP contribution in [0.4, 0.5) is 11.4 Å². The van der Waals surface area contributed by atoms with E-state index in [4.69, 9.17) is 4.74 Å². The molecular formula is C20H26N2O2. The molecule has 0 heterocycles. The Hall–Kier alpha value is -2.49. The molecule has 0 fully saturated rings. The van der Waals surface area contributed by atoms with E-state index in [-0.39, 0.29) is 12.5 Å². The summed E-state index contributed by atoms with van der Waals surface area (Å²) in [5.41, 5.74) is 4.25. The molecule has 2 aromatic rings. The number of anilines is 2. The van der Waals surface area contributed by atoms with Crippen LogP contribution in [-0.2, 0) is 17.6 Å². The maximum absolute atomic E-state index is 12.3. The normalized spacial score (nSPS) is 10.3. The molecule has 4 nitrogen and oxygen atoms in total. The van der Waals surface area contributed by atoms with Crippen LogP contribution in [0.15, 0.2) is 42.5 Å². The zero-order valence-corrected chi connectivity index (χ0v) is 14.7. The third-order valence-electron chi connectivity index (χ3n) is 3.89. The Balaban J connectivity index is 2.04. The molecule has 0 radical (unpaired) electrons. The highest BCUT2D eigenvalue weighted by molar-refractivity contribution is 5.95. The van der Waals surface area contributed by atoms with E-state index in [1.807, 2.05) is 31.2 Å². The molecule has 0 unspecified atom stereocenters. The molecule has 0 aromatic heterocycles. The van der Waals surface area contributed by atoms with Gasteiger partial charge < -0.3 is 15.4 Å². The average Bonchev–Trinajstić information content (AvgIpc) is 2.61. The molecular weight excluding hydrogens is 300 g/mol. The lowest BCUT2D eigenvalue weighted by molar-refractivity contribution is -0.114. The first-order chi connectivity index (χ1) is 11.7. The molecule has 2 rings (SSSR count). The number of carbonyl (C=O) groups excluding carboxylic acids is 1. The van der Waals surface area contributed by atoms with E-state index >= 15 is 0 Å². The fourth-order valence-electron chi connectivity index (χ4n) is 2.68. The number of amides is 1. The first-order valence-electron chi connectivity index (χ1n) is 8.55. The summed E-state index contributed by atoms with van der Waals surface area (Å²) in [6.45, 7) is 6.96. The van der Waals surface area contributed by atoms with E-state index in [1.165, 1.54) is 11.1 Å². The summed E-state index contributed by atoms with van der Waals surface area (Å²) in [7, 11) is 0. The van der Waals surface area contributed by atoms with Gasteiger partial charge in [0.2, 0.25) is 5.91 Å². The Bertz CT molecular complexity index is 661. The van der Waals surface area contributed by atoms with E-state index < -0.39 is 0 Å². The van der Waals surface area contributed by atoms with Crippen LogP contribution in [0.2, 0.25) is 0 Å². The van der Waals surface area contributed by atoms with Crippen molar-refractivity contribution in [3.05, 3.63) is 53.6 Å². The molecule has 0 saturated heterocycles. The molecule has 0 atom stereocenters. The van der Waals surface area contributed by atoms with Crippen molar-refractivity contribution < 1.29 is 9.53 Å². The van der Waals surface area contributed by atoms with Crippen molar-refractivity contribution in [3.63, 3.8) is 0 Å². The molecule has 0 saturated carbocycles. The maximum Gasteiger partial charge on any atom is 0.243 e. The molecule has 0 aliphatic carbocycles. The smallest absolute Gasteiger partial charge is 0.243 e. The molecule has 0 bridgehead atoms. The Morgan fingerprint density at radius 1 is 0.958 bits per heavy atom. The maximum atomic E-state index is 12.3. The van der Waals surface area contributed by atoms with Crippen LogP contribution < -0.4 is 15.4 Å². The fraction of sp³-hybridized carbons (Fsp3) is 0.350. The number of hydrogen-bond acceptors (Lipinski definition) is 3. The SMILES string of the molecule is CCOc1ccccc1NC(=O)CNc1c(CC)cccc1CC. The van der Waals surface area contributed by atoms with Gasteiger partial charge in [-0.1, -0.05) is 44.2 Å². The lowest BCUT2D eigenvalue weighted by atomic mass is 10.0. The van der Waals surface area contributed by atoms with Gasteiger partial charge in [-0.2, -0.15) is 0 Å². The molecule has 128 valence electrons. The second kappa shape index (κ2) is 8.96. The predicted molar refractivity (Wildman–Crippen MR) is 99.9 cm³/mol. The van der Waals surface area contributed by atoms with Crippen LogP contribution in [0.3, 0.4) is 0 Å². The van der Waals surface area contributed by atoms with Crippen molar-refractivity contribution in [1.82, 2.24) is 0 Å². The van der Waals surface area contributed by atoms with Crippen LogP contribution in [0.1, 0.15) is 31.9 Å². The van der Waals surface area contributed by atoms with Crippen LogP contribution in [-0.4, -0.2) is 19.1 Å². The highest BCUT2D eigenvalue weighted by Crippen LogP contribution is 2.24. The van der Waals surface area contributed by atoms with E-state index in [0.717, 1.165) is 18.5 Å². The van der Waals surface area contributed by atoms with Crippen molar-refractivity contribution in [3.8, 4) is 5.75 Å². The van der Waals surface area contributed by atoms with Gasteiger partial charge in [-0.15, -0.1) is 0 Å². The molecule has 24 heavy (non-hydrogen) atoms. The Kier molecular flexibility index (Phi) is 6.67. The van der Waals surface area contributed by atoms with Gasteiger partial charge in [0.15, 0.2) is 0 Å². The van der Waals surface area contributed by atoms with Gasteiger partial charge in [0.1, 0.15) is 5.75 Å². The van der Waals surface area contributed by atoms with E-state index in [0.29, 0.717) is 18.0 Å². The second-order valence-electron chi connectivity index (χ2n) is 5.49. The standard InChI is InChI=1S/C20H26N2O2/c1-4-15-10-9-11-16(5-2)20(15)21-14-19(23)22-17-12-7-8-13-18(17)24-6-3/h7-13,21H,4-6,14H2,1-3H3,(H,22,23). The largest absolute Gasteiger partial charge is 0.492 e. The van der Waals surface area contributed by atoms with Gasteiger partial charge >= 0.3 is 0 Å². The monoisotopic (exact) mass is 326 g/mol. The minimum Gasteiger partial charge on any atom is -0.492 e. The zero-order valence-electron chi connectivity index (χ0n) is 14.7. The van der Waals surface area contributed by atoms with Gasteiger partial charge in [0.25, 0.3) is 0 Å². The van der Waals surface area contributed by atoms with Gasteiger partial charge in [0, 0.05) is 5.69 Å². The molecule has 0 aliphatic rings. The number of para-hydroxylation sites is 3. The van der Waals surface area contributed by atoms with Crippen molar-refractivity contribution >= 4 is 17.3 Å². The van der Waals surface area contributed by atoms with Gasteiger partial charge in [0.05, 0.1) is 18.8 Å². The predicted octanol–water partition coefficient (Wildman–Crippen LogP) is 4.26. The van der Waals surface area contributed by atoms with Crippen LogP contribution in [0, 0.1) is 0 Å². The van der Waals surface area contributed by atoms with Crippen LogP contribution in [0.25, 0.3) is 0 Å². The molecule has 1 amide bonds. The minimum absolute atomic E-state index is 0.0879. The van der Waals surface area contributed by atoms with Gasteiger partial charge in [-0.3, -0.25) is 4.79 Å². The Labute approximate surface area is 144 Å². The van der Waals surface area contributed by atoms with Crippen LogP contribution >= 0.6 is 0 Å². The number of benzene rings is 2. The number of aryl methyl sites for hydroxylation is 2. The minimum atomic E-state index is -0.0879. The topological polar surface area (TPSA) is 50.4 Å². The Morgan fingerprint density at radius 2 is 1.62 bits per heavy atom. The zero-order chi connectivity index (χ0) is 17.4. The van der Waals surface area contributed by atoms with Gasteiger partial charge in [-0.25, -0.2) is 0 Å². The molecule has 4 heteroatoms. The molecule has 0 spiro atoms. The summed E-state index contributed by atoms with van der Waals surface area (Å²) < 4.78 is 5.54. The summed E-state index contributed by atoms with van der Waals surface area (Å²) in [5.74, 6) is 0.603. The summed E-state index contributed by atoms with van der Waals surface area (Å²) in [5, 5.41) is 6.22. The number of carbonyl (C=O) groups is 1. The quantitative estimate of drug-likeness (QED) is 0.762. The number of nitrogens with one attached hydrogen (secondary N) is 2. The van der Waals surface area contributed by atoms with Crippen molar-refractivity contribution in [2.75, 3.05) is 23.8 Å². The first kappa shape index (κ1) is 17.9. The molecule has 2 N–H and O–H groups in total. The summed E-state index contributed by atoms with van der Waals surface area (Å²) >= 11 is 0.